The molecular formula is C12H7BrClN3O4. The van der Waals surface area contributed by atoms with Crippen LogP contribution in [0, 0.1) is 10.1 Å². The third kappa shape index (κ3) is 3.47. The normalized spacial score (nSPS) is 10.2. The Bertz CT molecular complexity index is 738. The lowest BCUT2D eigenvalue weighted by molar-refractivity contribution is -0.384. The molecule has 0 saturated carbocycles. The minimum Gasteiger partial charge on any atom is -0.478 e. The van der Waals surface area contributed by atoms with Crippen LogP contribution in [0.2, 0.25) is 5.02 Å². The Labute approximate surface area is 131 Å². The number of aromatic nitrogens is 1. The molecule has 0 atom stereocenters. The van der Waals surface area contributed by atoms with Crippen LogP contribution in [0.15, 0.2) is 34.9 Å². The largest absolute Gasteiger partial charge is 0.478 e. The van der Waals surface area contributed by atoms with Crippen LogP contribution < -0.4 is 5.32 Å². The molecule has 0 radical (unpaired) electrons. The van der Waals surface area contributed by atoms with Gasteiger partial charge in [0.15, 0.2) is 0 Å². The highest BCUT2D eigenvalue weighted by atomic mass is 79.9. The van der Waals surface area contributed by atoms with Gasteiger partial charge in [-0.05, 0) is 18.2 Å². The van der Waals surface area contributed by atoms with E-state index in [-0.39, 0.29) is 11.4 Å². The molecule has 1 heterocycles. The molecule has 21 heavy (non-hydrogen) atoms. The third-order valence-electron chi connectivity index (χ3n) is 2.50. The van der Waals surface area contributed by atoms with E-state index in [0.717, 1.165) is 16.7 Å². The molecule has 0 aliphatic carbocycles. The molecule has 108 valence electrons. The summed E-state index contributed by atoms with van der Waals surface area (Å²) in [4.78, 5) is 24.9. The SMILES string of the molecule is O=C(O)c1cnc(Nc2ccc(Br)cc2Cl)c([N+](=O)[O-])c1. The summed E-state index contributed by atoms with van der Waals surface area (Å²) >= 11 is 9.25. The fourth-order valence-corrected chi connectivity index (χ4v) is 2.24. The predicted octanol–water partition coefficient (Wildman–Crippen LogP) is 3.85. The number of carboxylic acid groups (broad SMARTS) is 1. The van der Waals surface area contributed by atoms with Crippen molar-refractivity contribution in [2.24, 2.45) is 0 Å². The zero-order chi connectivity index (χ0) is 15.6. The van der Waals surface area contributed by atoms with Gasteiger partial charge in [0.1, 0.15) is 0 Å². The van der Waals surface area contributed by atoms with E-state index < -0.39 is 16.6 Å². The summed E-state index contributed by atoms with van der Waals surface area (Å²) < 4.78 is 0.752. The van der Waals surface area contributed by atoms with Crippen molar-refractivity contribution in [3.05, 3.63) is 55.6 Å². The quantitative estimate of drug-likeness (QED) is 0.624. The number of hydrogen-bond donors (Lipinski definition) is 2. The summed E-state index contributed by atoms with van der Waals surface area (Å²) in [6.45, 7) is 0. The fraction of sp³-hybridized carbons (Fsp3) is 0. The van der Waals surface area contributed by atoms with Crippen molar-refractivity contribution in [3.8, 4) is 0 Å². The number of anilines is 2. The van der Waals surface area contributed by atoms with Crippen molar-refractivity contribution in [2.75, 3.05) is 5.32 Å². The van der Waals surface area contributed by atoms with Crippen LogP contribution in [0.1, 0.15) is 10.4 Å². The number of benzene rings is 1. The van der Waals surface area contributed by atoms with Crippen LogP contribution in [0.5, 0.6) is 0 Å². The Morgan fingerprint density at radius 3 is 2.71 bits per heavy atom. The van der Waals surface area contributed by atoms with Gasteiger partial charge in [-0.2, -0.15) is 0 Å². The van der Waals surface area contributed by atoms with Gasteiger partial charge in [0.25, 0.3) is 0 Å². The first-order valence-corrected chi connectivity index (χ1v) is 6.65. The molecule has 2 aromatic rings. The van der Waals surface area contributed by atoms with Gasteiger partial charge >= 0.3 is 11.7 Å². The lowest BCUT2D eigenvalue weighted by atomic mass is 10.2. The van der Waals surface area contributed by atoms with Crippen molar-refractivity contribution in [3.63, 3.8) is 0 Å². The Morgan fingerprint density at radius 1 is 1.43 bits per heavy atom. The number of aromatic carboxylic acids is 1. The maximum Gasteiger partial charge on any atom is 0.337 e. The van der Waals surface area contributed by atoms with Gasteiger partial charge in [-0.15, -0.1) is 0 Å². The Kier molecular flexibility index (Phi) is 4.39. The number of pyridine rings is 1. The van der Waals surface area contributed by atoms with E-state index in [0.29, 0.717) is 10.7 Å². The molecule has 0 amide bonds. The highest BCUT2D eigenvalue weighted by Crippen LogP contribution is 2.31. The number of nitrogens with one attached hydrogen (secondary N) is 1. The molecule has 7 nitrogen and oxygen atoms in total. The molecule has 1 aromatic heterocycles. The van der Waals surface area contributed by atoms with E-state index in [4.69, 9.17) is 16.7 Å². The molecule has 0 bridgehead atoms. The first-order chi connectivity index (χ1) is 9.88. The summed E-state index contributed by atoms with van der Waals surface area (Å²) in [5.41, 5.74) is -0.304. The average molecular weight is 373 g/mol. The molecule has 0 aliphatic rings. The second kappa shape index (κ2) is 6.06. The standard InChI is InChI=1S/C12H7BrClN3O4/c13-7-1-2-9(8(14)4-7)16-11-10(17(20)21)3-6(5-15-11)12(18)19/h1-5H,(H,15,16)(H,18,19). The fourth-order valence-electron chi connectivity index (χ4n) is 1.52. The van der Waals surface area contributed by atoms with E-state index >= 15 is 0 Å². The van der Waals surface area contributed by atoms with E-state index in [1.165, 1.54) is 0 Å². The number of carbonyl (C=O) groups is 1. The summed E-state index contributed by atoms with van der Waals surface area (Å²) in [6, 6.07) is 5.86. The van der Waals surface area contributed by atoms with Crippen LogP contribution >= 0.6 is 27.5 Å². The Morgan fingerprint density at radius 2 is 2.14 bits per heavy atom. The number of hydrogen-bond acceptors (Lipinski definition) is 5. The van der Waals surface area contributed by atoms with Crippen molar-refractivity contribution in [1.29, 1.82) is 0 Å². The van der Waals surface area contributed by atoms with Gasteiger partial charge in [0, 0.05) is 16.7 Å². The zero-order valence-corrected chi connectivity index (χ0v) is 12.6. The summed E-state index contributed by atoms with van der Waals surface area (Å²) in [6.07, 6.45) is 1.03. The van der Waals surface area contributed by atoms with Crippen LogP contribution in [0.3, 0.4) is 0 Å². The second-order valence-electron chi connectivity index (χ2n) is 3.90. The average Bonchev–Trinajstić information content (AvgIpc) is 2.41. The monoisotopic (exact) mass is 371 g/mol. The highest BCUT2D eigenvalue weighted by molar-refractivity contribution is 9.10. The molecule has 0 saturated heterocycles. The van der Waals surface area contributed by atoms with Crippen molar-refractivity contribution in [1.82, 2.24) is 4.98 Å². The minimum absolute atomic E-state index is 0.0887. The molecule has 0 unspecified atom stereocenters. The summed E-state index contributed by atoms with van der Waals surface area (Å²) in [5.74, 6) is -1.38. The van der Waals surface area contributed by atoms with Crippen LogP contribution in [-0.4, -0.2) is 21.0 Å². The number of nitrogens with zero attached hydrogens (tertiary/aromatic N) is 2. The first-order valence-electron chi connectivity index (χ1n) is 5.48. The molecule has 1 aromatic carbocycles. The van der Waals surface area contributed by atoms with Crippen LogP contribution in [0.25, 0.3) is 0 Å². The Hall–Kier alpha value is -2.19. The van der Waals surface area contributed by atoms with Crippen molar-refractivity contribution < 1.29 is 14.8 Å². The molecule has 2 N–H and O–H groups in total. The minimum atomic E-state index is -1.29. The molecule has 0 spiro atoms. The number of carboxylic acids is 1. The summed E-state index contributed by atoms with van der Waals surface area (Å²) in [7, 11) is 0. The highest BCUT2D eigenvalue weighted by Gasteiger charge is 2.19. The molecule has 0 aliphatic heterocycles. The molecule has 9 heteroatoms. The van der Waals surface area contributed by atoms with E-state index in [1.807, 2.05) is 0 Å². The van der Waals surface area contributed by atoms with Gasteiger partial charge in [0.05, 0.1) is 21.2 Å². The number of rotatable bonds is 4. The second-order valence-corrected chi connectivity index (χ2v) is 5.23. The first kappa shape index (κ1) is 15.2. The number of nitro groups is 1. The van der Waals surface area contributed by atoms with Crippen molar-refractivity contribution in [2.45, 2.75) is 0 Å². The lowest BCUT2D eigenvalue weighted by Gasteiger charge is -2.08. The van der Waals surface area contributed by atoms with E-state index in [2.05, 4.69) is 26.2 Å². The zero-order valence-electron chi connectivity index (χ0n) is 10.2. The molecular weight excluding hydrogens is 366 g/mol. The van der Waals surface area contributed by atoms with Crippen LogP contribution in [0.4, 0.5) is 17.2 Å². The van der Waals surface area contributed by atoms with Crippen molar-refractivity contribution >= 4 is 50.7 Å². The predicted molar refractivity (Wildman–Crippen MR) is 80.3 cm³/mol. The third-order valence-corrected chi connectivity index (χ3v) is 3.30. The maximum absolute atomic E-state index is 11.0. The Balaban J connectivity index is 2.44. The smallest absolute Gasteiger partial charge is 0.337 e. The number of halogens is 2. The van der Waals surface area contributed by atoms with Gasteiger partial charge in [-0.1, -0.05) is 27.5 Å². The van der Waals surface area contributed by atoms with Gasteiger partial charge < -0.3 is 10.4 Å². The van der Waals surface area contributed by atoms with E-state index in [9.17, 15) is 14.9 Å². The van der Waals surface area contributed by atoms with Crippen LogP contribution in [-0.2, 0) is 0 Å². The van der Waals surface area contributed by atoms with E-state index in [1.54, 1.807) is 18.2 Å². The lowest BCUT2D eigenvalue weighted by Crippen LogP contribution is -2.04. The molecule has 0 fully saturated rings. The van der Waals surface area contributed by atoms with Gasteiger partial charge in [0.2, 0.25) is 5.82 Å². The van der Waals surface area contributed by atoms with Gasteiger partial charge in [-0.3, -0.25) is 10.1 Å². The topological polar surface area (TPSA) is 105 Å². The van der Waals surface area contributed by atoms with Gasteiger partial charge in [-0.25, -0.2) is 9.78 Å². The summed E-state index contributed by atoms with van der Waals surface area (Å²) in [5, 5.41) is 22.9. The maximum atomic E-state index is 11.0. The molecule has 2 rings (SSSR count).